The maximum Gasteiger partial charge on any atom is 0.261 e. The van der Waals surface area contributed by atoms with Crippen LogP contribution in [0.1, 0.15) is 42.5 Å². The molecule has 1 saturated carbocycles. The molecule has 1 aliphatic carbocycles. The lowest BCUT2D eigenvalue weighted by molar-refractivity contribution is -0.125. The van der Waals surface area contributed by atoms with E-state index in [1.807, 2.05) is 0 Å². The summed E-state index contributed by atoms with van der Waals surface area (Å²) in [6.07, 6.45) is 5.17. The van der Waals surface area contributed by atoms with E-state index in [-0.39, 0.29) is 40.4 Å². The summed E-state index contributed by atoms with van der Waals surface area (Å²) in [7, 11) is -3.99. The molecule has 9 heteroatoms. The average molecular weight is 448 g/mol. The minimum Gasteiger partial charge on any atom is -0.354 e. The molecule has 0 bridgehead atoms. The standard InChI is InChI=1S/C22H26FN3O4S/c23-19-8-4-5-9-20(19)26-31(29,30)18-12-10-17(11-13-18)22(28)25-15-14-24-21(27)16-6-2-1-3-7-16/h4-5,8-13,16,26H,1-3,6-7,14-15H2,(H,24,27)(H,25,28). The summed E-state index contributed by atoms with van der Waals surface area (Å²) < 4.78 is 40.7. The van der Waals surface area contributed by atoms with E-state index in [9.17, 15) is 22.4 Å². The second-order valence-corrected chi connectivity index (χ2v) is 9.17. The summed E-state index contributed by atoms with van der Waals surface area (Å²) >= 11 is 0. The number of hydrogen-bond acceptors (Lipinski definition) is 4. The average Bonchev–Trinajstić information content (AvgIpc) is 2.78. The highest BCUT2D eigenvalue weighted by atomic mass is 32.2. The summed E-state index contributed by atoms with van der Waals surface area (Å²) in [4.78, 5) is 24.2. The molecule has 0 atom stereocenters. The van der Waals surface area contributed by atoms with Gasteiger partial charge in [-0.15, -0.1) is 0 Å². The zero-order valence-corrected chi connectivity index (χ0v) is 17.9. The van der Waals surface area contributed by atoms with Crippen molar-refractivity contribution in [2.75, 3.05) is 17.8 Å². The first kappa shape index (κ1) is 22.7. The zero-order valence-electron chi connectivity index (χ0n) is 17.1. The molecule has 2 aromatic rings. The molecule has 0 spiro atoms. The summed E-state index contributed by atoms with van der Waals surface area (Å²) in [5.74, 6) is -0.960. The topological polar surface area (TPSA) is 104 Å². The maximum atomic E-state index is 13.7. The molecule has 7 nitrogen and oxygen atoms in total. The Labute approximate surface area is 181 Å². The van der Waals surface area contributed by atoms with Crippen LogP contribution < -0.4 is 15.4 Å². The maximum absolute atomic E-state index is 13.7. The largest absolute Gasteiger partial charge is 0.354 e. The van der Waals surface area contributed by atoms with Crippen LogP contribution in [-0.4, -0.2) is 33.3 Å². The van der Waals surface area contributed by atoms with Crippen LogP contribution in [0.4, 0.5) is 10.1 Å². The molecule has 2 aromatic carbocycles. The fourth-order valence-corrected chi connectivity index (χ4v) is 4.57. The van der Waals surface area contributed by atoms with Gasteiger partial charge in [0.1, 0.15) is 5.82 Å². The molecule has 3 N–H and O–H groups in total. The Morgan fingerprint density at radius 1 is 0.903 bits per heavy atom. The number of carbonyl (C=O) groups excluding carboxylic acids is 2. The molecule has 0 aromatic heterocycles. The Balaban J connectivity index is 1.49. The zero-order chi connectivity index (χ0) is 22.3. The number of nitrogens with one attached hydrogen (secondary N) is 3. The van der Waals surface area contributed by atoms with Crippen LogP contribution in [0.5, 0.6) is 0 Å². The number of amides is 2. The summed E-state index contributed by atoms with van der Waals surface area (Å²) in [5.41, 5.74) is 0.128. The van der Waals surface area contributed by atoms with E-state index in [0.717, 1.165) is 31.7 Å². The monoisotopic (exact) mass is 447 g/mol. The number of anilines is 1. The van der Waals surface area contributed by atoms with Crippen molar-refractivity contribution in [3.63, 3.8) is 0 Å². The van der Waals surface area contributed by atoms with Crippen molar-refractivity contribution in [2.45, 2.75) is 37.0 Å². The van der Waals surface area contributed by atoms with Gasteiger partial charge in [-0.25, -0.2) is 12.8 Å². The SMILES string of the molecule is O=C(NCCNC(=O)C1CCCCC1)c1ccc(S(=O)(=O)Nc2ccccc2F)cc1. The molecule has 3 rings (SSSR count). The first-order valence-corrected chi connectivity index (χ1v) is 11.8. The number of rotatable bonds is 8. The van der Waals surface area contributed by atoms with Crippen molar-refractivity contribution in [3.05, 3.63) is 59.9 Å². The number of carbonyl (C=O) groups is 2. The van der Waals surface area contributed by atoms with Gasteiger partial charge in [-0.2, -0.15) is 0 Å². The third-order valence-corrected chi connectivity index (χ3v) is 6.61. The normalized spacial score (nSPS) is 14.6. The van der Waals surface area contributed by atoms with E-state index in [4.69, 9.17) is 0 Å². The van der Waals surface area contributed by atoms with Crippen LogP contribution in [0, 0.1) is 11.7 Å². The predicted molar refractivity (Wildman–Crippen MR) is 116 cm³/mol. The lowest BCUT2D eigenvalue weighted by Crippen LogP contribution is -2.38. The minimum atomic E-state index is -3.99. The smallest absolute Gasteiger partial charge is 0.261 e. The lowest BCUT2D eigenvalue weighted by atomic mass is 9.89. The summed E-state index contributed by atoms with van der Waals surface area (Å²) in [6, 6.07) is 10.8. The van der Waals surface area contributed by atoms with Gasteiger partial charge in [-0.05, 0) is 49.2 Å². The van der Waals surface area contributed by atoms with Crippen molar-refractivity contribution in [2.24, 2.45) is 5.92 Å². The number of para-hydroxylation sites is 1. The van der Waals surface area contributed by atoms with E-state index < -0.39 is 15.8 Å². The van der Waals surface area contributed by atoms with Gasteiger partial charge < -0.3 is 10.6 Å². The Kier molecular flexibility index (Phi) is 7.62. The van der Waals surface area contributed by atoms with E-state index >= 15 is 0 Å². The number of halogens is 1. The Morgan fingerprint density at radius 3 is 2.23 bits per heavy atom. The van der Waals surface area contributed by atoms with Crippen LogP contribution in [0.3, 0.4) is 0 Å². The van der Waals surface area contributed by atoms with Crippen LogP contribution in [0.25, 0.3) is 0 Å². The molecule has 166 valence electrons. The Morgan fingerprint density at radius 2 is 1.55 bits per heavy atom. The highest BCUT2D eigenvalue weighted by Crippen LogP contribution is 2.23. The number of hydrogen-bond donors (Lipinski definition) is 3. The van der Waals surface area contributed by atoms with Gasteiger partial charge in [0.05, 0.1) is 10.6 Å². The van der Waals surface area contributed by atoms with Crippen molar-refractivity contribution in [1.29, 1.82) is 0 Å². The summed E-state index contributed by atoms with van der Waals surface area (Å²) in [6.45, 7) is 0.603. The van der Waals surface area contributed by atoms with Crippen molar-refractivity contribution in [1.82, 2.24) is 10.6 Å². The van der Waals surface area contributed by atoms with Crippen molar-refractivity contribution in [3.8, 4) is 0 Å². The van der Waals surface area contributed by atoms with Crippen LogP contribution in [-0.2, 0) is 14.8 Å². The van der Waals surface area contributed by atoms with E-state index in [1.54, 1.807) is 0 Å². The van der Waals surface area contributed by atoms with Gasteiger partial charge in [0, 0.05) is 24.6 Å². The number of benzene rings is 2. The lowest BCUT2D eigenvalue weighted by Gasteiger charge is -2.20. The third kappa shape index (κ3) is 6.27. The molecule has 0 saturated heterocycles. The van der Waals surface area contributed by atoms with Gasteiger partial charge in [0.15, 0.2) is 0 Å². The molecule has 2 amide bonds. The van der Waals surface area contributed by atoms with Gasteiger partial charge in [-0.1, -0.05) is 31.4 Å². The van der Waals surface area contributed by atoms with Crippen LogP contribution in [0.2, 0.25) is 0 Å². The fourth-order valence-electron chi connectivity index (χ4n) is 3.51. The van der Waals surface area contributed by atoms with Gasteiger partial charge in [0.2, 0.25) is 5.91 Å². The highest BCUT2D eigenvalue weighted by molar-refractivity contribution is 7.92. The van der Waals surface area contributed by atoms with Gasteiger partial charge in [-0.3, -0.25) is 14.3 Å². The first-order valence-electron chi connectivity index (χ1n) is 10.3. The quantitative estimate of drug-likeness (QED) is 0.541. The number of sulfonamides is 1. The van der Waals surface area contributed by atoms with Gasteiger partial charge >= 0.3 is 0 Å². The third-order valence-electron chi connectivity index (χ3n) is 5.23. The van der Waals surface area contributed by atoms with Crippen molar-refractivity contribution < 1.29 is 22.4 Å². The molecule has 1 fully saturated rings. The Hall–Kier alpha value is -2.94. The molecule has 1 aliphatic rings. The van der Waals surface area contributed by atoms with Crippen LogP contribution in [0.15, 0.2) is 53.4 Å². The first-order chi connectivity index (χ1) is 14.9. The summed E-state index contributed by atoms with van der Waals surface area (Å²) in [5, 5.41) is 5.54. The molecule has 0 unspecified atom stereocenters. The molecular weight excluding hydrogens is 421 g/mol. The highest BCUT2D eigenvalue weighted by Gasteiger charge is 2.20. The minimum absolute atomic E-state index is 0.0332. The molecule has 0 aliphatic heterocycles. The Bertz CT molecular complexity index is 1020. The molecule has 31 heavy (non-hydrogen) atoms. The molecule has 0 heterocycles. The second-order valence-electron chi connectivity index (χ2n) is 7.49. The van der Waals surface area contributed by atoms with E-state index in [1.165, 1.54) is 48.9 Å². The van der Waals surface area contributed by atoms with E-state index in [2.05, 4.69) is 15.4 Å². The van der Waals surface area contributed by atoms with E-state index in [0.29, 0.717) is 6.54 Å². The molecular formula is C22H26FN3O4S. The van der Waals surface area contributed by atoms with Gasteiger partial charge in [0.25, 0.3) is 15.9 Å². The predicted octanol–water partition coefficient (Wildman–Crippen LogP) is 3.05. The molecule has 0 radical (unpaired) electrons. The van der Waals surface area contributed by atoms with Crippen molar-refractivity contribution >= 4 is 27.5 Å². The fraction of sp³-hybridized carbons (Fsp3) is 0.364. The van der Waals surface area contributed by atoms with Crippen LogP contribution >= 0.6 is 0 Å². The second kappa shape index (κ2) is 10.4.